The van der Waals surface area contributed by atoms with E-state index in [1.807, 2.05) is 16.7 Å². The number of imidazole rings is 1. The van der Waals surface area contributed by atoms with Gasteiger partial charge in [0.2, 0.25) is 0 Å². The average Bonchev–Trinajstić information content (AvgIpc) is 2.76. The molecule has 0 radical (unpaired) electrons. The molecule has 2 heterocycles. The Kier molecular flexibility index (Phi) is 2.33. The Bertz CT molecular complexity index is 643. The van der Waals surface area contributed by atoms with Crippen molar-refractivity contribution in [2.45, 2.75) is 6.54 Å². The molecule has 0 atom stereocenters. The van der Waals surface area contributed by atoms with Crippen LogP contribution in [0.5, 0.6) is 0 Å². The smallest absolute Gasteiger partial charge is 0.160 e. The predicted octanol–water partition coefficient (Wildman–Crippen LogP) is 2.62. The molecular formula is C13H10FN3. The molecule has 0 bridgehead atoms. The molecule has 3 nitrogen and oxygen atoms in total. The van der Waals surface area contributed by atoms with E-state index >= 15 is 0 Å². The van der Waals surface area contributed by atoms with Gasteiger partial charge in [-0.05, 0) is 29.8 Å². The van der Waals surface area contributed by atoms with E-state index in [9.17, 15) is 4.39 Å². The van der Waals surface area contributed by atoms with E-state index in [1.165, 1.54) is 12.1 Å². The highest BCUT2D eigenvalue weighted by Crippen LogP contribution is 2.11. The summed E-state index contributed by atoms with van der Waals surface area (Å²) in [6, 6.07) is 10.2. The van der Waals surface area contributed by atoms with E-state index in [2.05, 4.69) is 9.97 Å². The van der Waals surface area contributed by atoms with Gasteiger partial charge in [0.25, 0.3) is 0 Å². The third-order valence-corrected chi connectivity index (χ3v) is 2.64. The summed E-state index contributed by atoms with van der Waals surface area (Å²) in [6.45, 7) is 0.647. The highest BCUT2D eigenvalue weighted by Gasteiger charge is 2.03. The van der Waals surface area contributed by atoms with Crippen LogP contribution in [0.4, 0.5) is 4.39 Å². The van der Waals surface area contributed by atoms with Crippen LogP contribution in [0.25, 0.3) is 11.2 Å². The fourth-order valence-electron chi connectivity index (χ4n) is 1.80. The Labute approximate surface area is 97.6 Å². The van der Waals surface area contributed by atoms with Crippen LogP contribution in [0.3, 0.4) is 0 Å². The van der Waals surface area contributed by atoms with Gasteiger partial charge >= 0.3 is 0 Å². The number of hydrogen-bond donors (Lipinski definition) is 0. The predicted molar refractivity (Wildman–Crippen MR) is 63.0 cm³/mol. The van der Waals surface area contributed by atoms with Crippen LogP contribution in [0.2, 0.25) is 0 Å². The van der Waals surface area contributed by atoms with E-state index in [4.69, 9.17) is 0 Å². The Morgan fingerprint density at radius 3 is 2.71 bits per heavy atom. The highest BCUT2D eigenvalue weighted by molar-refractivity contribution is 5.70. The third kappa shape index (κ3) is 1.89. The van der Waals surface area contributed by atoms with Crippen molar-refractivity contribution in [3.63, 3.8) is 0 Å². The van der Waals surface area contributed by atoms with Gasteiger partial charge in [-0.15, -0.1) is 0 Å². The molecule has 0 fully saturated rings. The van der Waals surface area contributed by atoms with Crippen molar-refractivity contribution in [2.75, 3.05) is 0 Å². The fourth-order valence-corrected chi connectivity index (χ4v) is 1.80. The minimum atomic E-state index is -0.220. The summed E-state index contributed by atoms with van der Waals surface area (Å²) in [5, 5.41) is 0. The second-order valence-electron chi connectivity index (χ2n) is 3.85. The van der Waals surface area contributed by atoms with Gasteiger partial charge in [0.1, 0.15) is 11.3 Å². The van der Waals surface area contributed by atoms with Crippen molar-refractivity contribution >= 4 is 11.2 Å². The largest absolute Gasteiger partial charge is 0.311 e. The SMILES string of the molecule is Fc1ccc(Cn2cnc3cccnc32)cc1. The second-order valence-corrected chi connectivity index (χ2v) is 3.85. The molecule has 1 aromatic carbocycles. The lowest BCUT2D eigenvalue weighted by atomic mass is 10.2. The van der Waals surface area contributed by atoms with Crippen molar-refractivity contribution < 1.29 is 4.39 Å². The zero-order valence-corrected chi connectivity index (χ0v) is 9.05. The first-order chi connectivity index (χ1) is 8.33. The maximum absolute atomic E-state index is 12.8. The third-order valence-electron chi connectivity index (χ3n) is 2.64. The second kappa shape index (κ2) is 3.97. The number of halogens is 1. The van der Waals surface area contributed by atoms with E-state index in [1.54, 1.807) is 24.7 Å². The molecule has 17 heavy (non-hydrogen) atoms. The van der Waals surface area contributed by atoms with E-state index in [-0.39, 0.29) is 5.82 Å². The molecule has 3 rings (SSSR count). The fraction of sp³-hybridized carbons (Fsp3) is 0.0769. The summed E-state index contributed by atoms with van der Waals surface area (Å²) in [6.07, 6.45) is 3.49. The Balaban J connectivity index is 1.97. The average molecular weight is 227 g/mol. The molecule has 3 aromatic rings. The monoisotopic (exact) mass is 227 g/mol. The zero-order chi connectivity index (χ0) is 11.7. The number of aromatic nitrogens is 3. The van der Waals surface area contributed by atoms with Gasteiger partial charge < -0.3 is 4.57 Å². The van der Waals surface area contributed by atoms with Crippen molar-refractivity contribution in [3.05, 3.63) is 60.3 Å². The normalized spacial score (nSPS) is 10.9. The van der Waals surface area contributed by atoms with E-state index < -0.39 is 0 Å². The van der Waals surface area contributed by atoms with Gasteiger partial charge in [0.05, 0.1) is 12.9 Å². The van der Waals surface area contributed by atoms with Crippen LogP contribution in [-0.4, -0.2) is 14.5 Å². The molecule has 0 saturated carbocycles. The first kappa shape index (κ1) is 9.96. The zero-order valence-electron chi connectivity index (χ0n) is 9.05. The molecule has 0 amide bonds. The number of rotatable bonds is 2. The highest BCUT2D eigenvalue weighted by atomic mass is 19.1. The molecule has 0 saturated heterocycles. The first-order valence-electron chi connectivity index (χ1n) is 5.33. The maximum Gasteiger partial charge on any atom is 0.160 e. The Hall–Kier alpha value is -2.23. The standard InChI is InChI=1S/C13H10FN3/c14-11-5-3-10(4-6-11)8-17-9-16-12-2-1-7-15-13(12)17/h1-7,9H,8H2. The first-order valence-corrected chi connectivity index (χ1v) is 5.33. The van der Waals surface area contributed by atoms with Gasteiger partial charge in [0, 0.05) is 6.20 Å². The summed E-state index contributed by atoms with van der Waals surface area (Å²) in [5.74, 6) is -0.220. The quantitative estimate of drug-likeness (QED) is 0.673. The molecule has 2 aromatic heterocycles. The van der Waals surface area contributed by atoms with Gasteiger partial charge in [-0.3, -0.25) is 0 Å². The summed E-state index contributed by atoms with van der Waals surface area (Å²) in [5.41, 5.74) is 2.74. The molecule has 0 spiro atoms. The van der Waals surface area contributed by atoms with Gasteiger partial charge in [-0.1, -0.05) is 12.1 Å². The summed E-state index contributed by atoms with van der Waals surface area (Å²) in [4.78, 5) is 8.54. The number of nitrogens with zero attached hydrogens (tertiary/aromatic N) is 3. The maximum atomic E-state index is 12.8. The summed E-state index contributed by atoms with van der Waals surface area (Å²) >= 11 is 0. The van der Waals surface area contributed by atoms with E-state index in [0.29, 0.717) is 6.54 Å². The lowest BCUT2D eigenvalue weighted by Crippen LogP contribution is -1.98. The van der Waals surface area contributed by atoms with Crippen molar-refractivity contribution in [3.8, 4) is 0 Å². The Morgan fingerprint density at radius 1 is 1.06 bits per heavy atom. The Morgan fingerprint density at radius 2 is 1.88 bits per heavy atom. The lowest BCUT2D eigenvalue weighted by molar-refractivity contribution is 0.626. The number of benzene rings is 1. The van der Waals surface area contributed by atoms with Gasteiger partial charge in [0.15, 0.2) is 5.65 Å². The molecule has 84 valence electrons. The molecule has 4 heteroatoms. The number of hydrogen-bond acceptors (Lipinski definition) is 2. The van der Waals surface area contributed by atoms with Crippen LogP contribution in [0.1, 0.15) is 5.56 Å². The van der Waals surface area contributed by atoms with Crippen molar-refractivity contribution in [1.29, 1.82) is 0 Å². The molecule has 0 aliphatic rings. The molecule has 0 aliphatic heterocycles. The van der Waals surface area contributed by atoms with Crippen LogP contribution >= 0.6 is 0 Å². The molecule has 0 aliphatic carbocycles. The molecule has 0 N–H and O–H groups in total. The van der Waals surface area contributed by atoms with E-state index in [0.717, 1.165) is 16.7 Å². The van der Waals surface area contributed by atoms with Crippen LogP contribution in [0.15, 0.2) is 48.9 Å². The number of pyridine rings is 1. The molecular weight excluding hydrogens is 217 g/mol. The lowest BCUT2D eigenvalue weighted by Gasteiger charge is -2.03. The van der Waals surface area contributed by atoms with Crippen molar-refractivity contribution in [2.24, 2.45) is 0 Å². The van der Waals surface area contributed by atoms with Crippen LogP contribution < -0.4 is 0 Å². The number of fused-ring (bicyclic) bond motifs is 1. The molecule has 0 unspecified atom stereocenters. The van der Waals surface area contributed by atoms with Gasteiger partial charge in [-0.2, -0.15) is 0 Å². The summed E-state index contributed by atoms with van der Waals surface area (Å²) in [7, 11) is 0. The topological polar surface area (TPSA) is 30.7 Å². The minimum Gasteiger partial charge on any atom is -0.311 e. The van der Waals surface area contributed by atoms with Crippen LogP contribution in [0, 0.1) is 5.82 Å². The van der Waals surface area contributed by atoms with Gasteiger partial charge in [-0.25, -0.2) is 14.4 Å². The van der Waals surface area contributed by atoms with Crippen LogP contribution in [-0.2, 0) is 6.54 Å². The summed E-state index contributed by atoms with van der Waals surface area (Å²) < 4.78 is 14.7. The van der Waals surface area contributed by atoms with Crippen molar-refractivity contribution in [1.82, 2.24) is 14.5 Å². The minimum absolute atomic E-state index is 0.220.